The Labute approximate surface area is 120 Å². The highest BCUT2D eigenvalue weighted by Gasteiger charge is 2.24. The van der Waals surface area contributed by atoms with Crippen LogP contribution in [0.2, 0.25) is 0 Å². The third-order valence-corrected chi connectivity index (χ3v) is 4.02. The highest BCUT2D eigenvalue weighted by atomic mass is 16.1. The Morgan fingerprint density at radius 3 is 1.68 bits per heavy atom. The maximum absolute atomic E-state index is 11.9. The number of carbonyl (C=O) groups is 1. The minimum absolute atomic E-state index is 0.320. The highest BCUT2D eigenvalue weighted by Crippen LogP contribution is 2.19. The number of hydrogen-bond acceptors (Lipinski definition) is 2. The van der Waals surface area contributed by atoms with Crippen LogP contribution in [0.25, 0.3) is 0 Å². The fourth-order valence-electron chi connectivity index (χ4n) is 2.23. The van der Waals surface area contributed by atoms with E-state index >= 15 is 0 Å². The number of carbonyl (C=O) groups excluding carboxylic acids is 1. The van der Waals surface area contributed by atoms with Gasteiger partial charge in [-0.3, -0.25) is 4.79 Å². The smallest absolute Gasteiger partial charge is 0.139 e. The van der Waals surface area contributed by atoms with E-state index in [4.69, 9.17) is 5.73 Å². The van der Waals surface area contributed by atoms with Crippen molar-refractivity contribution in [3.63, 3.8) is 0 Å². The van der Waals surface area contributed by atoms with Gasteiger partial charge in [-0.25, -0.2) is 0 Å². The van der Waals surface area contributed by atoms with Crippen molar-refractivity contribution in [3.05, 3.63) is 0 Å². The van der Waals surface area contributed by atoms with Crippen molar-refractivity contribution >= 4 is 5.78 Å². The van der Waals surface area contributed by atoms with Crippen molar-refractivity contribution in [1.29, 1.82) is 0 Å². The molecule has 2 nitrogen and oxygen atoms in total. The standard InChI is InChI=1S/C17H35NO/c1-4-5-6-7-8-9-10-11-12-13-14-16(19)17(2,3)15-18/h4-15,18H2,1-3H3. The molecule has 0 heterocycles. The molecule has 0 aliphatic rings. The van der Waals surface area contributed by atoms with Gasteiger partial charge >= 0.3 is 0 Å². The molecule has 0 aromatic heterocycles. The molecule has 0 radical (unpaired) electrons. The van der Waals surface area contributed by atoms with E-state index in [1.165, 1.54) is 57.8 Å². The van der Waals surface area contributed by atoms with E-state index in [9.17, 15) is 4.79 Å². The van der Waals surface area contributed by atoms with Gasteiger partial charge in [-0.15, -0.1) is 0 Å². The molecule has 0 aliphatic carbocycles. The monoisotopic (exact) mass is 269 g/mol. The number of rotatable bonds is 13. The zero-order chi connectivity index (χ0) is 14.6. The van der Waals surface area contributed by atoms with E-state index in [1.54, 1.807) is 0 Å². The van der Waals surface area contributed by atoms with E-state index in [-0.39, 0.29) is 5.41 Å². The topological polar surface area (TPSA) is 43.1 Å². The van der Waals surface area contributed by atoms with Crippen molar-refractivity contribution in [1.82, 2.24) is 0 Å². The molecule has 0 fully saturated rings. The molecular weight excluding hydrogens is 234 g/mol. The minimum atomic E-state index is -0.320. The quantitative estimate of drug-likeness (QED) is 0.486. The predicted octanol–water partition coefficient (Wildman–Crippen LogP) is 4.85. The molecule has 0 unspecified atom stereocenters. The molecule has 2 N–H and O–H groups in total. The summed E-state index contributed by atoms with van der Waals surface area (Å²) in [6.07, 6.45) is 13.8. The van der Waals surface area contributed by atoms with Crippen LogP contribution >= 0.6 is 0 Å². The summed E-state index contributed by atoms with van der Waals surface area (Å²) in [5.74, 6) is 0.328. The van der Waals surface area contributed by atoms with Crippen LogP contribution in [0.1, 0.15) is 91.4 Å². The molecule has 0 rings (SSSR count). The fourth-order valence-corrected chi connectivity index (χ4v) is 2.23. The Balaban J connectivity index is 3.30. The van der Waals surface area contributed by atoms with E-state index < -0.39 is 0 Å². The van der Waals surface area contributed by atoms with Gasteiger partial charge < -0.3 is 5.73 Å². The van der Waals surface area contributed by atoms with Crippen molar-refractivity contribution in [3.8, 4) is 0 Å². The molecular formula is C17H35NO. The molecule has 19 heavy (non-hydrogen) atoms. The van der Waals surface area contributed by atoms with E-state index in [0.29, 0.717) is 18.7 Å². The summed E-state index contributed by atoms with van der Waals surface area (Å²) in [5.41, 5.74) is 5.29. The van der Waals surface area contributed by atoms with Crippen LogP contribution in [0.3, 0.4) is 0 Å². The van der Waals surface area contributed by atoms with E-state index in [1.807, 2.05) is 13.8 Å². The van der Waals surface area contributed by atoms with Gasteiger partial charge in [0.1, 0.15) is 5.78 Å². The van der Waals surface area contributed by atoms with Crippen molar-refractivity contribution in [2.45, 2.75) is 91.4 Å². The second-order valence-corrected chi connectivity index (χ2v) is 6.44. The molecule has 0 saturated heterocycles. The van der Waals surface area contributed by atoms with Crippen LogP contribution in [0.5, 0.6) is 0 Å². The van der Waals surface area contributed by atoms with Crippen LogP contribution in [0.15, 0.2) is 0 Å². The van der Waals surface area contributed by atoms with Crippen LogP contribution in [0, 0.1) is 5.41 Å². The molecule has 0 aromatic rings. The summed E-state index contributed by atoms with van der Waals surface area (Å²) in [7, 11) is 0. The lowest BCUT2D eigenvalue weighted by Crippen LogP contribution is -2.32. The molecule has 0 aromatic carbocycles. The van der Waals surface area contributed by atoms with Gasteiger partial charge in [-0.1, -0.05) is 78.6 Å². The lowest BCUT2D eigenvalue weighted by atomic mass is 9.85. The SMILES string of the molecule is CCCCCCCCCCCCC(=O)C(C)(C)CN. The number of Topliss-reactive ketones (excluding diaryl/α,β-unsaturated/α-hetero) is 1. The zero-order valence-electron chi connectivity index (χ0n) is 13.5. The average molecular weight is 269 g/mol. The summed E-state index contributed by atoms with van der Waals surface area (Å²) < 4.78 is 0. The summed E-state index contributed by atoms with van der Waals surface area (Å²) in [4.78, 5) is 11.9. The number of hydrogen-bond donors (Lipinski definition) is 1. The molecule has 0 aliphatic heterocycles. The first-order valence-electron chi connectivity index (χ1n) is 8.28. The van der Waals surface area contributed by atoms with Gasteiger partial charge in [0.2, 0.25) is 0 Å². The number of unbranched alkanes of at least 4 members (excludes halogenated alkanes) is 9. The maximum atomic E-state index is 11.9. The van der Waals surface area contributed by atoms with Crippen molar-refractivity contribution in [2.24, 2.45) is 11.1 Å². The highest BCUT2D eigenvalue weighted by molar-refractivity contribution is 5.84. The maximum Gasteiger partial charge on any atom is 0.139 e. The van der Waals surface area contributed by atoms with Gasteiger partial charge in [-0.2, -0.15) is 0 Å². The zero-order valence-corrected chi connectivity index (χ0v) is 13.5. The molecule has 0 amide bonds. The molecule has 0 atom stereocenters. The minimum Gasteiger partial charge on any atom is -0.329 e. The Morgan fingerprint density at radius 2 is 1.26 bits per heavy atom. The van der Waals surface area contributed by atoms with Crippen LogP contribution in [-0.2, 0) is 4.79 Å². The average Bonchev–Trinajstić information content (AvgIpc) is 2.40. The molecule has 2 heteroatoms. The van der Waals surface area contributed by atoms with E-state index in [0.717, 1.165) is 6.42 Å². The Bertz CT molecular complexity index is 223. The Kier molecular flexibility index (Phi) is 11.2. The second kappa shape index (κ2) is 11.5. The third-order valence-electron chi connectivity index (χ3n) is 4.02. The number of ketones is 1. The van der Waals surface area contributed by atoms with Crippen molar-refractivity contribution < 1.29 is 4.79 Å². The normalized spacial score (nSPS) is 11.8. The van der Waals surface area contributed by atoms with E-state index in [2.05, 4.69) is 6.92 Å². The number of nitrogens with two attached hydrogens (primary N) is 1. The lowest BCUT2D eigenvalue weighted by Gasteiger charge is -2.20. The third kappa shape index (κ3) is 10.1. The van der Waals surface area contributed by atoms with Gasteiger partial charge in [0.15, 0.2) is 0 Å². The summed E-state index contributed by atoms with van der Waals surface area (Å²) in [5, 5.41) is 0. The fraction of sp³-hybridized carbons (Fsp3) is 0.941. The first-order chi connectivity index (χ1) is 9.04. The molecule has 0 bridgehead atoms. The van der Waals surface area contributed by atoms with Crippen LogP contribution < -0.4 is 5.73 Å². The Morgan fingerprint density at radius 1 is 0.842 bits per heavy atom. The molecule has 0 saturated carbocycles. The van der Waals surface area contributed by atoms with Crippen LogP contribution in [0.4, 0.5) is 0 Å². The summed E-state index contributed by atoms with van der Waals surface area (Å²) in [6, 6.07) is 0. The first kappa shape index (κ1) is 18.6. The first-order valence-corrected chi connectivity index (χ1v) is 8.28. The summed E-state index contributed by atoms with van der Waals surface area (Å²) in [6.45, 7) is 6.62. The van der Waals surface area contributed by atoms with Crippen LogP contribution in [-0.4, -0.2) is 12.3 Å². The van der Waals surface area contributed by atoms with Crippen molar-refractivity contribution in [2.75, 3.05) is 6.54 Å². The molecule has 114 valence electrons. The predicted molar refractivity (Wildman–Crippen MR) is 84.3 cm³/mol. The van der Waals surface area contributed by atoms with Gasteiger partial charge in [-0.05, 0) is 6.42 Å². The second-order valence-electron chi connectivity index (χ2n) is 6.44. The van der Waals surface area contributed by atoms with Gasteiger partial charge in [0.05, 0.1) is 0 Å². The van der Waals surface area contributed by atoms with Gasteiger partial charge in [0, 0.05) is 18.4 Å². The Hall–Kier alpha value is -0.370. The van der Waals surface area contributed by atoms with Gasteiger partial charge in [0.25, 0.3) is 0 Å². The molecule has 0 spiro atoms. The lowest BCUT2D eigenvalue weighted by molar-refractivity contribution is -0.126. The largest absolute Gasteiger partial charge is 0.329 e. The summed E-state index contributed by atoms with van der Waals surface area (Å²) >= 11 is 0.